The molecule has 2 aliphatic rings. The van der Waals surface area contributed by atoms with E-state index in [2.05, 4.69) is 36.7 Å². The molecule has 0 spiro atoms. The molecule has 2 heterocycles. The van der Waals surface area contributed by atoms with Gasteiger partial charge >= 0.3 is 348 Å². The van der Waals surface area contributed by atoms with Crippen molar-refractivity contribution in [3.63, 3.8) is 0 Å². The molecule has 0 radical (unpaired) electrons. The average Bonchev–Trinajstić information content (AvgIpc) is 3.50. The van der Waals surface area contributed by atoms with E-state index in [4.69, 9.17) is 16.9 Å². The number of amides is 3. The second-order valence-corrected chi connectivity index (χ2v) is 25.5. The Morgan fingerprint density at radius 3 is 1.16 bits per heavy atom. The van der Waals surface area contributed by atoms with Crippen LogP contribution in [0.4, 0.5) is 0 Å². The van der Waals surface area contributed by atoms with Crippen LogP contribution in [0.25, 0.3) is 0 Å². The number of nitrogens with one attached hydrogen (secondary N) is 3. The quantitative estimate of drug-likeness (QED) is 0.0397. The Bertz CT molecular complexity index is 1550. The van der Waals surface area contributed by atoms with Crippen LogP contribution in [0.1, 0.15) is 233 Å². The standard InChI is InChI=1S/3C16H29NO5.2Bi/c3*1-2-3-4-5-6-7-8-9-10-11-14(18)17-13(16(21)22)12-15(19)20;;/h3*13H,2-12H2,1H3,(H,17,18)(H,19,20)(H,21,22);;/q;;;2*+3/p-6/t3*13-;;/m100../s1. The van der Waals surface area contributed by atoms with E-state index < -0.39 is 137 Å². The Morgan fingerprint density at radius 2 is 0.794 bits per heavy atom. The number of hydrogen-bond acceptors (Lipinski definition) is 15. The average molecular weight is 1360 g/mol. The van der Waals surface area contributed by atoms with Crippen molar-refractivity contribution in [2.45, 2.75) is 251 Å². The number of carbonyl (C=O) groups is 9. The summed E-state index contributed by atoms with van der Waals surface area (Å²) in [5, 5.41) is 7.47. The Hall–Kier alpha value is -3.00. The van der Waals surface area contributed by atoms with Crippen LogP contribution in [0.3, 0.4) is 0 Å². The zero-order valence-corrected chi connectivity index (χ0v) is 48.0. The molecule has 0 aromatic rings. The summed E-state index contributed by atoms with van der Waals surface area (Å²) >= 11 is -9.38. The molecule has 2 saturated heterocycles. The fourth-order valence-electron chi connectivity index (χ4n) is 7.55. The fourth-order valence-corrected chi connectivity index (χ4v) is 14.4. The van der Waals surface area contributed by atoms with Gasteiger partial charge in [0.2, 0.25) is 0 Å². The van der Waals surface area contributed by atoms with Crippen molar-refractivity contribution >= 4 is 99.7 Å². The van der Waals surface area contributed by atoms with Crippen LogP contribution in [-0.2, 0) is 60.0 Å². The first-order valence-corrected chi connectivity index (χ1v) is 34.1. The molecule has 0 aromatic carbocycles. The molecule has 2 fully saturated rings. The van der Waals surface area contributed by atoms with E-state index in [1.807, 2.05) is 0 Å². The summed E-state index contributed by atoms with van der Waals surface area (Å²) in [6.45, 7) is 6.50. The molecule has 0 bridgehead atoms. The molecule has 2 aliphatic heterocycles. The van der Waals surface area contributed by atoms with Crippen molar-refractivity contribution in [1.29, 1.82) is 0 Å². The number of carbonyl (C=O) groups excluding carboxylic acids is 9. The Kier molecular flexibility index (Phi) is 34.8. The summed E-state index contributed by atoms with van der Waals surface area (Å²) in [6.07, 6.45) is 26.4. The maximum atomic E-state index is 13.6. The van der Waals surface area contributed by atoms with E-state index in [0.29, 0.717) is 19.3 Å². The Balaban J connectivity index is 1.97. The predicted molar refractivity (Wildman–Crippen MR) is 253 cm³/mol. The molecule has 3 atom stereocenters. The summed E-state index contributed by atoms with van der Waals surface area (Å²) in [6, 6.07) is -4.44. The van der Waals surface area contributed by atoms with Gasteiger partial charge in [-0.05, 0) is 0 Å². The van der Waals surface area contributed by atoms with Crippen LogP contribution in [-0.4, -0.2) is 118 Å². The van der Waals surface area contributed by atoms with Gasteiger partial charge in [0.15, 0.2) is 0 Å². The van der Waals surface area contributed by atoms with Crippen molar-refractivity contribution in [3.8, 4) is 0 Å². The second kappa shape index (κ2) is 38.7. The molecule has 0 aromatic heterocycles. The predicted octanol–water partition coefficient (Wildman–Crippen LogP) is 7.63. The monoisotopic (exact) mass is 1360 g/mol. The third-order valence-electron chi connectivity index (χ3n) is 11.5. The van der Waals surface area contributed by atoms with E-state index in [-0.39, 0.29) is 19.3 Å². The zero-order chi connectivity index (χ0) is 49.8. The van der Waals surface area contributed by atoms with Gasteiger partial charge < -0.3 is 0 Å². The zero-order valence-electron chi connectivity index (χ0n) is 41.1. The van der Waals surface area contributed by atoms with Crippen LogP contribution in [0.5, 0.6) is 0 Å². The molecule has 3 amide bonds. The van der Waals surface area contributed by atoms with Crippen LogP contribution in [0, 0.1) is 0 Å². The number of unbranched alkanes of at least 4 members (excludes halogenated alkanes) is 24. The maximum absolute atomic E-state index is 13.6. The normalized spacial score (nSPS) is 17.1. The third-order valence-corrected chi connectivity index (χ3v) is 19.5. The molecule has 68 heavy (non-hydrogen) atoms. The van der Waals surface area contributed by atoms with Gasteiger partial charge in [0.25, 0.3) is 0 Å². The second-order valence-electron chi connectivity index (χ2n) is 17.8. The van der Waals surface area contributed by atoms with Gasteiger partial charge in [-0.3, -0.25) is 0 Å². The molecular weight excluding hydrogens is 1280 g/mol. The van der Waals surface area contributed by atoms with Gasteiger partial charge in [-0.15, -0.1) is 0 Å². The molecule has 20 heteroatoms. The molecule has 0 aliphatic carbocycles. The van der Waals surface area contributed by atoms with Gasteiger partial charge in [-0.25, -0.2) is 0 Å². The van der Waals surface area contributed by atoms with E-state index in [0.717, 1.165) is 89.9 Å². The first kappa shape index (κ1) is 61.1. The molecule has 2 rings (SSSR count). The van der Waals surface area contributed by atoms with E-state index in [1.54, 1.807) is 0 Å². The van der Waals surface area contributed by atoms with Crippen LogP contribution in [0.15, 0.2) is 0 Å². The van der Waals surface area contributed by atoms with Crippen molar-refractivity contribution in [2.24, 2.45) is 0 Å². The van der Waals surface area contributed by atoms with Crippen molar-refractivity contribution in [3.05, 3.63) is 0 Å². The first-order chi connectivity index (χ1) is 32.8. The molecule has 0 saturated carbocycles. The third kappa shape index (κ3) is 29.9. The summed E-state index contributed by atoms with van der Waals surface area (Å²) in [5.74, 6) is -7.81. The summed E-state index contributed by atoms with van der Waals surface area (Å²) in [5.41, 5.74) is 0. The number of rotatable bonds is 38. The molecule has 388 valence electrons. The summed E-state index contributed by atoms with van der Waals surface area (Å²) < 4.78 is 31.7. The minimum atomic E-state index is -4.73. The molecular formula is C48H81Bi2N3O15. The molecule has 18 nitrogen and oxygen atoms in total. The molecule has 3 N–H and O–H groups in total. The van der Waals surface area contributed by atoms with Crippen LogP contribution >= 0.6 is 0 Å². The SMILES string of the molecule is CCCCCCCCCCCC(=O)N[C@H]1CC(=O)[O][Bi]([O]C(=O)C[C@H](NC(=O)CCCCCCCCCCC)C(=O)[O][Bi]2[O]C(=O)C[C@@H](NC(=O)CCCCCCCCCCC)C(=O)[O]2)[O]C1=O. The van der Waals surface area contributed by atoms with Crippen molar-refractivity contribution in [2.75, 3.05) is 0 Å². The van der Waals surface area contributed by atoms with Gasteiger partial charge in [-0.1, -0.05) is 78.6 Å². The van der Waals surface area contributed by atoms with Crippen LogP contribution < -0.4 is 16.0 Å². The van der Waals surface area contributed by atoms with Gasteiger partial charge in [0.05, 0.1) is 0 Å². The summed E-state index contributed by atoms with van der Waals surface area (Å²) in [4.78, 5) is 117. The Morgan fingerprint density at radius 1 is 0.471 bits per heavy atom. The van der Waals surface area contributed by atoms with Crippen LogP contribution in [0.2, 0.25) is 0 Å². The van der Waals surface area contributed by atoms with E-state index >= 15 is 0 Å². The fraction of sp³-hybridized carbons (Fsp3) is 0.812. The van der Waals surface area contributed by atoms with Gasteiger partial charge in [0.1, 0.15) is 0 Å². The Labute approximate surface area is 423 Å². The minimum absolute atomic E-state index is 0.00810. The molecule has 0 unspecified atom stereocenters. The number of hydrogen-bond donors (Lipinski definition) is 3. The van der Waals surface area contributed by atoms with E-state index in [9.17, 15) is 43.2 Å². The van der Waals surface area contributed by atoms with Gasteiger partial charge in [0, 0.05) is 0 Å². The summed E-state index contributed by atoms with van der Waals surface area (Å²) in [7, 11) is 0. The first-order valence-electron chi connectivity index (χ1n) is 25.6. The van der Waals surface area contributed by atoms with Crippen molar-refractivity contribution < 1.29 is 60.0 Å². The van der Waals surface area contributed by atoms with Crippen molar-refractivity contribution in [1.82, 2.24) is 16.0 Å². The van der Waals surface area contributed by atoms with E-state index in [1.165, 1.54) is 64.2 Å². The van der Waals surface area contributed by atoms with Gasteiger partial charge in [-0.2, -0.15) is 0 Å². The topological polar surface area (TPSA) is 245 Å².